The van der Waals surface area contributed by atoms with Crippen LogP contribution >= 0.6 is 0 Å². The van der Waals surface area contributed by atoms with Crippen LogP contribution in [0.1, 0.15) is 0 Å². The highest BCUT2D eigenvalue weighted by Crippen LogP contribution is 2.28. The Bertz CT molecular complexity index is 1140. The fourth-order valence-electron chi connectivity index (χ4n) is 3.84. The zero-order valence-corrected chi connectivity index (χ0v) is 16.1. The first-order valence-electron chi connectivity index (χ1n) is 9.79. The second-order valence-electron chi connectivity index (χ2n) is 7.21. The zero-order chi connectivity index (χ0) is 19.6. The summed E-state index contributed by atoms with van der Waals surface area (Å²) in [6, 6.07) is 18.8. The molecule has 0 radical (unpaired) electrons. The van der Waals surface area contributed by atoms with Gasteiger partial charge in [0.2, 0.25) is 0 Å². The number of aromatic nitrogens is 3. The van der Waals surface area contributed by atoms with Gasteiger partial charge in [0.05, 0.1) is 11.9 Å². The highest BCUT2D eigenvalue weighted by molar-refractivity contribution is 5.87. The minimum Gasteiger partial charge on any atom is -0.381 e. The molecule has 3 heterocycles. The number of hydrogen-bond acceptors (Lipinski definition) is 6. The Kier molecular flexibility index (Phi) is 4.44. The molecule has 5 rings (SSSR count). The first-order chi connectivity index (χ1) is 14.3. The van der Waals surface area contributed by atoms with Crippen LogP contribution in [0.25, 0.3) is 22.0 Å². The average Bonchev–Trinajstić information content (AvgIpc) is 2.80. The summed E-state index contributed by atoms with van der Waals surface area (Å²) in [5.74, 6) is 1.25. The van der Waals surface area contributed by atoms with Gasteiger partial charge >= 0.3 is 0 Å². The second kappa shape index (κ2) is 7.39. The summed E-state index contributed by atoms with van der Waals surface area (Å²) in [5.41, 5.74) is 9.29. The van der Waals surface area contributed by atoms with E-state index in [-0.39, 0.29) is 0 Å². The number of hydrogen-bond donors (Lipinski definition) is 1. The molecule has 6 heteroatoms. The fourth-order valence-corrected chi connectivity index (χ4v) is 3.84. The Morgan fingerprint density at radius 2 is 1.52 bits per heavy atom. The Morgan fingerprint density at radius 3 is 2.31 bits per heavy atom. The van der Waals surface area contributed by atoms with Gasteiger partial charge in [-0.25, -0.2) is 9.97 Å². The molecule has 2 aromatic heterocycles. The summed E-state index contributed by atoms with van der Waals surface area (Å²) in [4.78, 5) is 18.0. The van der Waals surface area contributed by atoms with Gasteiger partial charge < -0.3 is 15.5 Å². The van der Waals surface area contributed by atoms with Crippen molar-refractivity contribution < 1.29 is 0 Å². The monoisotopic (exact) mass is 382 g/mol. The first kappa shape index (κ1) is 17.4. The van der Waals surface area contributed by atoms with Crippen molar-refractivity contribution in [1.29, 1.82) is 0 Å². The molecule has 0 atom stereocenters. The Labute approximate surface area is 169 Å². The van der Waals surface area contributed by atoms with E-state index >= 15 is 0 Å². The van der Waals surface area contributed by atoms with Crippen LogP contribution in [-0.4, -0.2) is 41.1 Å². The van der Waals surface area contributed by atoms with E-state index in [0.717, 1.165) is 43.3 Å². The van der Waals surface area contributed by atoms with Gasteiger partial charge in [0.15, 0.2) is 11.6 Å². The van der Waals surface area contributed by atoms with E-state index in [2.05, 4.69) is 62.2 Å². The lowest BCUT2D eigenvalue weighted by molar-refractivity contribution is 0.647. The topological polar surface area (TPSA) is 71.2 Å². The molecule has 1 saturated heterocycles. The molecule has 0 bridgehead atoms. The summed E-state index contributed by atoms with van der Waals surface area (Å²) in [5, 5.41) is 2.41. The van der Waals surface area contributed by atoms with Crippen molar-refractivity contribution in [2.24, 2.45) is 0 Å². The number of nitrogen functional groups attached to an aromatic ring is 1. The number of fused-ring (bicyclic) bond motifs is 1. The second-order valence-corrected chi connectivity index (χ2v) is 7.21. The van der Waals surface area contributed by atoms with Gasteiger partial charge in [0.25, 0.3) is 0 Å². The number of benzene rings is 2. The number of anilines is 3. The minimum absolute atomic E-state index is 0.479. The Balaban J connectivity index is 1.40. The van der Waals surface area contributed by atoms with E-state index in [9.17, 15) is 0 Å². The first-order valence-corrected chi connectivity index (χ1v) is 9.79. The predicted molar refractivity (Wildman–Crippen MR) is 118 cm³/mol. The minimum atomic E-state index is 0.479. The van der Waals surface area contributed by atoms with Gasteiger partial charge in [-0.15, -0.1) is 0 Å². The van der Waals surface area contributed by atoms with Crippen LogP contribution in [0.15, 0.2) is 73.2 Å². The van der Waals surface area contributed by atoms with Crippen LogP contribution in [0, 0.1) is 0 Å². The average molecular weight is 382 g/mol. The van der Waals surface area contributed by atoms with Crippen molar-refractivity contribution in [2.75, 3.05) is 41.7 Å². The Hall–Kier alpha value is -3.67. The molecule has 2 N–H and O–H groups in total. The highest BCUT2D eigenvalue weighted by atomic mass is 15.3. The van der Waals surface area contributed by atoms with Crippen LogP contribution in [-0.2, 0) is 0 Å². The summed E-state index contributed by atoms with van der Waals surface area (Å²) < 4.78 is 0. The van der Waals surface area contributed by atoms with Gasteiger partial charge in [-0.3, -0.25) is 4.98 Å². The maximum Gasteiger partial charge on any atom is 0.172 e. The molecule has 1 aliphatic heterocycles. The maximum atomic E-state index is 6.20. The molecule has 4 aromatic rings. The van der Waals surface area contributed by atoms with Gasteiger partial charge in [-0.2, -0.15) is 0 Å². The normalized spacial score (nSPS) is 14.3. The van der Waals surface area contributed by atoms with E-state index in [4.69, 9.17) is 10.7 Å². The van der Waals surface area contributed by atoms with Crippen molar-refractivity contribution in [3.63, 3.8) is 0 Å². The molecule has 2 aromatic carbocycles. The quantitative estimate of drug-likeness (QED) is 0.584. The van der Waals surface area contributed by atoms with E-state index < -0.39 is 0 Å². The molecule has 0 spiro atoms. The van der Waals surface area contributed by atoms with Crippen LogP contribution in [0.4, 0.5) is 17.3 Å². The predicted octanol–water partition coefficient (Wildman–Crippen LogP) is 3.60. The van der Waals surface area contributed by atoms with Crippen LogP contribution in [0.3, 0.4) is 0 Å². The number of pyridine rings is 1. The van der Waals surface area contributed by atoms with Crippen LogP contribution in [0.5, 0.6) is 0 Å². The summed E-state index contributed by atoms with van der Waals surface area (Å²) in [6.07, 6.45) is 5.42. The van der Waals surface area contributed by atoms with E-state index in [0.29, 0.717) is 5.82 Å². The molecular weight excluding hydrogens is 360 g/mol. The SMILES string of the molecule is Nc1ncc(-c2ccc3ccccc3c2)nc1N1CCN(c2ccncc2)CC1. The van der Waals surface area contributed by atoms with Crippen molar-refractivity contribution in [3.05, 3.63) is 73.2 Å². The molecular formula is C23H22N6. The third-order valence-electron chi connectivity index (χ3n) is 5.43. The fraction of sp³-hybridized carbons (Fsp3) is 0.174. The molecule has 0 aliphatic carbocycles. The lowest BCUT2D eigenvalue weighted by Crippen LogP contribution is -2.47. The van der Waals surface area contributed by atoms with Crippen LogP contribution < -0.4 is 15.5 Å². The smallest absolute Gasteiger partial charge is 0.172 e. The van der Waals surface area contributed by atoms with Crippen molar-refractivity contribution >= 4 is 28.1 Å². The molecule has 0 unspecified atom stereocenters. The van der Waals surface area contributed by atoms with Gasteiger partial charge in [-0.1, -0.05) is 36.4 Å². The van der Waals surface area contributed by atoms with Gasteiger partial charge in [0, 0.05) is 49.8 Å². The summed E-state index contributed by atoms with van der Waals surface area (Å²) in [6.45, 7) is 3.52. The van der Waals surface area contributed by atoms with Crippen molar-refractivity contribution in [3.8, 4) is 11.3 Å². The lowest BCUT2D eigenvalue weighted by atomic mass is 10.1. The van der Waals surface area contributed by atoms with E-state index in [1.54, 1.807) is 6.20 Å². The number of nitrogens with two attached hydrogens (primary N) is 1. The Morgan fingerprint density at radius 1 is 0.793 bits per heavy atom. The van der Waals surface area contributed by atoms with Gasteiger partial charge in [-0.05, 0) is 29.0 Å². The largest absolute Gasteiger partial charge is 0.381 e. The number of nitrogens with zero attached hydrogens (tertiary/aromatic N) is 5. The van der Waals surface area contributed by atoms with Crippen LogP contribution in [0.2, 0.25) is 0 Å². The number of rotatable bonds is 3. The van der Waals surface area contributed by atoms with E-state index in [1.807, 2.05) is 24.5 Å². The summed E-state index contributed by atoms with van der Waals surface area (Å²) in [7, 11) is 0. The summed E-state index contributed by atoms with van der Waals surface area (Å²) >= 11 is 0. The zero-order valence-electron chi connectivity index (χ0n) is 16.1. The molecule has 29 heavy (non-hydrogen) atoms. The molecule has 0 saturated carbocycles. The van der Waals surface area contributed by atoms with E-state index in [1.165, 1.54) is 16.5 Å². The molecule has 0 amide bonds. The molecule has 1 aliphatic rings. The van der Waals surface area contributed by atoms with Crippen molar-refractivity contribution in [2.45, 2.75) is 0 Å². The molecule has 144 valence electrons. The van der Waals surface area contributed by atoms with Crippen molar-refractivity contribution in [1.82, 2.24) is 15.0 Å². The number of piperazine rings is 1. The molecule has 6 nitrogen and oxygen atoms in total. The highest BCUT2D eigenvalue weighted by Gasteiger charge is 2.21. The third kappa shape index (κ3) is 3.45. The van der Waals surface area contributed by atoms with Gasteiger partial charge in [0.1, 0.15) is 0 Å². The third-order valence-corrected chi connectivity index (χ3v) is 5.43. The molecule has 1 fully saturated rings. The lowest BCUT2D eigenvalue weighted by Gasteiger charge is -2.36. The maximum absolute atomic E-state index is 6.20. The standard InChI is InChI=1S/C23H22N6/c24-22-23(29-13-11-28(12-14-29)20-7-9-25-10-8-20)27-21(16-26-22)19-6-5-17-3-1-2-4-18(17)15-19/h1-10,15-16H,11-14H2,(H2,24,26).